The summed E-state index contributed by atoms with van der Waals surface area (Å²) in [5.41, 5.74) is 2.56. The van der Waals surface area contributed by atoms with Crippen molar-refractivity contribution in [2.24, 2.45) is 0 Å². The third kappa shape index (κ3) is 4.96. The first-order chi connectivity index (χ1) is 13.9. The number of nitrogens with one attached hydrogen (secondary N) is 2. The Hall–Kier alpha value is -2.84. The number of carbonyl (C=O) groups excluding carboxylic acids is 1. The minimum absolute atomic E-state index is 0.250. The molecule has 0 saturated heterocycles. The molecule has 0 aliphatic carbocycles. The number of rotatable bonds is 8. The summed E-state index contributed by atoms with van der Waals surface area (Å²) in [5, 5.41) is 6.31. The maximum absolute atomic E-state index is 13.0. The van der Waals surface area contributed by atoms with Crippen LogP contribution in [0, 0.1) is 6.92 Å². The van der Waals surface area contributed by atoms with Crippen LogP contribution in [0.4, 0.5) is 4.79 Å². The summed E-state index contributed by atoms with van der Waals surface area (Å²) in [5.74, 6) is 0. The molecule has 0 spiro atoms. The fourth-order valence-corrected chi connectivity index (χ4v) is 4.33. The van der Waals surface area contributed by atoms with Crippen LogP contribution in [0.1, 0.15) is 11.1 Å². The van der Waals surface area contributed by atoms with E-state index in [0.29, 0.717) is 31.6 Å². The predicted molar refractivity (Wildman–Crippen MR) is 113 cm³/mol. The van der Waals surface area contributed by atoms with Gasteiger partial charge in [-0.1, -0.05) is 29.8 Å². The van der Waals surface area contributed by atoms with Gasteiger partial charge in [-0.2, -0.15) is 0 Å². The van der Waals surface area contributed by atoms with Crippen LogP contribution in [0.15, 0.2) is 59.6 Å². The van der Waals surface area contributed by atoms with Crippen LogP contribution in [0.3, 0.4) is 0 Å². The second-order valence-electron chi connectivity index (χ2n) is 6.75. The van der Waals surface area contributed by atoms with E-state index in [0.717, 1.165) is 16.5 Å². The van der Waals surface area contributed by atoms with Gasteiger partial charge in [0.1, 0.15) is 0 Å². The standard InChI is InChI=1S/C21H25N3O4S/c1-16-3-7-19(8-4-16)29(26,27)24-13-10-18-6-5-17(15-20(18)24)9-11-22-21(25)23-12-14-28-2/h3-8,10,13,15H,9,11-12,14H2,1-2H3,(H2,22,23,25). The third-order valence-electron chi connectivity index (χ3n) is 4.59. The van der Waals surface area contributed by atoms with E-state index in [9.17, 15) is 13.2 Å². The molecule has 0 unspecified atom stereocenters. The van der Waals surface area contributed by atoms with Crippen LogP contribution < -0.4 is 10.6 Å². The Balaban J connectivity index is 1.75. The molecule has 1 heterocycles. The monoisotopic (exact) mass is 415 g/mol. The minimum Gasteiger partial charge on any atom is -0.383 e. The molecule has 0 atom stereocenters. The van der Waals surface area contributed by atoms with E-state index >= 15 is 0 Å². The summed E-state index contributed by atoms with van der Waals surface area (Å²) in [6.45, 7) is 3.25. The Bertz CT molecular complexity index is 1090. The zero-order valence-corrected chi connectivity index (χ0v) is 17.3. The van der Waals surface area contributed by atoms with Crippen molar-refractivity contribution < 1.29 is 17.9 Å². The molecule has 8 heteroatoms. The van der Waals surface area contributed by atoms with Gasteiger partial charge in [0.2, 0.25) is 0 Å². The average molecular weight is 416 g/mol. The molecular formula is C21H25N3O4S. The fourth-order valence-electron chi connectivity index (χ4n) is 2.99. The van der Waals surface area contributed by atoms with Crippen molar-refractivity contribution in [3.05, 3.63) is 65.9 Å². The van der Waals surface area contributed by atoms with E-state index < -0.39 is 10.0 Å². The Morgan fingerprint density at radius 2 is 1.76 bits per heavy atom. The molecule has 2 amide bonds. The van der Waals surface area contributed by atoms with Gasteiger partial charge in [0.15, 0.2) is 0 Å². The number of benzene rings is 2. The first kappa shape index (κ1) is 20.9. The predicted octanol–water partition coefficient (Wildman–Crippen LogP) is 2.67. The van der Waals surface area contributed by atoms with E-state index in [1.54, 1.807) is 43.6 Å². The van der Waals surface area contributed by atoms with Crippen LogP contribution in [-0.2, 0) is 21.2 Å². The summed E-state index contributed by atoms with van der Waals surface area (Å²) < 4.78 is 32.3. The topological polar surface area (TPSA) is 89.4 Å². The first-order valence-electron chi connectivity index (χ1n) is 9.34. The highest BCUT2D eigenvalue weighted by Gasteiger charge is 2.18. The molecule has 154 valence electrons. The summed E-state index contributed by atoms with van der Waals surface area (Å²) in [6, 6.07) is 14.0. The van der Waals surface area contributed by atoms with E-state index in [4.69, 9.17) is 4.74 Å². The zero-order valence-electron chi connectivity index (χ0n) is 16.5. The van der Waals surface area contributed by atoms with Gasteiger partial charge >= 0.3 is 6.03 Å². The van der Waals surface area contributed by atoms with E-state index in [2.05, 4.69) is 10.6 Å². The van der Waals surface area contributed by atoms with E-state index in [1.165, 1.54) is 3.97 Å². The highest BCUT2D eigenvalue weighted by atomic mass is 32.2. The van der Waals surface area contributed by atoms with Crippen LogP contribution >= 0.6 is 0 Å². The number of carbonyl (C=O) groups is 1. The number of methoxy groups -OCH3 is 1. The maximum Gasteiger partial charge on any atom is 0.314 e. The lowest BCUT2D eigenvalue weighted by molar-refractivity contribution is 0.196. The Kier molecular flexibility index (Phi) is 6.56. The van der Waals surface area contributed by atoms with Crippen molar-refractivity contribution in [1.29, 1.82) is 0 Å². The normalized spacial score (nSPS) is 11.5. The number of amides is 2. The molecule has 3 rings (SSSR count). The molecule has 0 bridgehead atoms. The average Bonchev–Trinajstić information content (AvgIpc) is 3.13. The largest absolute Gasteiger partial charge is 0.383 e. The van der Waals surface area contributed by atoms with Gasteiger partial charge in [-0.05, 0) is 43.2 Å². The lowest BCUT2D eigenvalue weighted by atomic mass is 10.1. The molecular weight excluding hydrogens is 390 g/mol. The summed E-state index contributed by atoms with van der Waals surface area (Å²) in [7, 11) is -2.10. The van der Waals surface area contributed by atoms with Gasteiger partial charge in [-0.25, -0.2) is 17.2 Å². The van der Waals surface area contributed by atoms with Gasteiger partial charge in [0.25, 0.3) is 10.0 Å². The quantitative estimate of drug-likeness (QED) is 0.554. The zero-order chi connectivity index (χ0) is 20.9. The molecule has 1 aromatic heterocycles. The number of urea groups is 1. The van der Waals surface area contributed by atoms with Crippen LogP contribution in [-0.4, -0.2) is 45.2 Å². The number of ether oxygens (including phenoxy) is 1. The van der Waals surface area contributed by atoms with Gasteiger partial charge in [-0.15, -0.1) is 0 Å². The summed E-state index contributed by atoms with van der Waals surface area (Å²) in [4.78, 5) is 11.9. The SMILES string of the molecule is COCCNC(=O)NCCc1ccc2ccn(S(=O)(=O)c3ccc(C)cc3)c2c1. The highest BCUT2D eigenvalue weighted by molar-refractivity contribution is 7.90. The number of hydrogen-bond donors (Lipinski definition) is 2. The second-order valence-corrected chi connectivity index (χ2v) is 8.56. The van der Waals surface area contributed by atoms with Crippen LogP contribution in [0.5, 0.6) is 0 Å². The smallest absolute Gasteiger partial charge is 0.314 e. The fraction of sp³-hybridized carbons (Fsp3) is 0.286. The molecule has 2 N–H and O–H groups in total. The Morgan fingerprint density at radius 3 is 2.48 bits per heavy atom. The van der Waals surface area contributed by atoms with E-state index in [-0.39, 0.29) is 10.9 Å². The minimum atomic E-state index is -3.68. The second kappa shape index (κ2) is 9.11. The van der Waals surface area contributed by atoms with Crippen LogP contribution in [0.25, 0.3) is 10.9 Å². The number of aromatic nitrogens is 1. The molecule has 0 aliphatic rings. The van der Waals surface area contributed by atoms with Crippen molar-refractivity contribution in [2.45, 2.75) is 18.2 Å². The van der Waals surface area contributed by atoms with Crippen molar-refractivity contribution in [3.8, 4) is 0 Å². The molecule has 29 heavy (non-hydrogen) atoms. The third-order valence-corrected chi connectivity index (χ3v) is 6.29. The maximum atomic E-state index is 13.0. The molecule has 2 aromatic carbocycles. The van der Waals surface area contributed by atoms with Gasteiger partial charge < -0.3 is 15.4 Å². The molecule has 3 aromatic rings. The molecule has 0 radical (unpaired) electrons. The van der Waals surface area contributed by atoms with Crippen molar-refractivity contribution in [2.75, 3.05) is 26.8 Å². The summed E-state index contributed by atoms with van der Waals surface area (Å²) >= 11 is 0. The number of nitrogens with zero attached hydrogens (tertiary/aromatic N) is 1. The number of aryl methyl sites for hydroxylation is 1. The number of hydrogen-bond acceptors (Lipinski definition) is 4. The highest BCUT2D eigenvalue weighted by Crippen LogP contribution is 2.23. The Morgan fingerprint density at radius 1 is 1.03 bits per heavy atom. The van der Waals surface area contributed by atoms with Crippen molar-refractivity contribution in [3.63, 3.8) is 0 Å². The van der Waals surface area contributed by atoms with Crippen molar-refractivity contribution in [1.82, 2.24) is 14.6 Å². The van der Waals surface area contributed by atoms with Gasteiger partial charge in [0, 0.05) is 31.8 Å². The molecule has 0 fully saturated rings. The van der Waals surface area contributed by atoms with Crippen molar-refractivity contribution >= 4 is 27.0 Å². The first-order valence-corrected chi connectivity index (χ1v) is 10.8. The molecule has 7 nitrogen and oxygen atoms in total. The Labute approximate surface area is 170 Å². The van der Waals surface area contributed by atoms with E-state index in [1.807, 2.05) is 25.1 Å². The van der Waals surface area contributed by atoms with Gasteiger partial charge in [0.05, 0.1) is 17.0 Å². The summed E-state index contributed by atoms with van der Waals surface area (Å²) in [6.07, 6.45) is 2.16. The molecule has 0 saturated carbocycles. The molecule has 0 aliphatic heterocycles. The van der Waals surface area contributed by atoms with Crippen LogP contribution in [0.2, 0.25) is 0 Å². The van der Waals surface area contributed by atoms with Gasteiger partial charge in [-0.3, -0.25) is 0 Å². The lowest BCUT2D eigenvalue weighted by Gasteiger charge is -2.10. The number of fused-ring (bicyclic) bond motifs is 1. The lowest BCUT2D eigenvalue weighted by Crippen LogP contribution is -2.38.